The fraction of sp³-hybridized carbons (Fsp3) is 0.478. The molecule has 0 heterocycles. The second-order valence-corrected chi connectivity index (χ2v) is 6.72. The van der Waals surface area contributed by atoms with Gasteiger partial charge in [0, 0.05) is 0 Å². The molecule has 1 aromatic rings. The predicted molar refractivity (Wildman–Crippen MR) is 108 cm³/mol. The van der Waals surface area contributed by atoms with Gasteiger partial charge in [-0.15, -0.1) is 6.58 Å². The molecule has 1 unspecified atom stereocenters. The zero-order chi connectivity index (χ0) is 18.0. The molecule has 1 aromatic carbocycles. The van der Waals surface area contributed by atoms with Gasteiger partial charge in [0.1, 0.15) is 0 Å². The summed E-state index contributed by atoms with van der Waals surface area (Å²) in [7, 11) is 0. The van der Waals surface area contributed by atoms with Crippen molar-refractivity contribution in [2.75, 3.05) is 0 Å². The number of aryl methyl sites for hydroxylation is 2. The Bertz CT molecular complexity index is 531. The summed E-state index contributed by atoms with van der Waals surface area (Å²) >= 11 is 0. The normalized spacial score (nSPS) is 11.2. The van der Waals surface area contributed by atoms with E-state index in [9.17, 15) is 0 Å². The van der Waals surface area contributed by atoms with E-state index in [2.05, 4.69) is 79.5 Å². The molecule has 0 heteroatoms. The van der Waals surface area contributed by atoms with Crippen molar-refractivity contribution in [3.05, 3.63) is 65.8 Å². The summed E-state index contributed by atoms with van der Waals surface area (Å²) in [5, 5.41) is 0. The molecule has 0 amide bonds. The zero-order valence-corrected chi connectivity index (χ0v) is 16.3. The minimum atomic E-state index is 0.650. The van der Waals surface area contributed by atoms with Crippen molar-refractivity contribution in [3.63, 3.8) is 0 Å². The Balaban J connectivity index is 0.000000438. The van der Waals surface area contributed by atoms with Crippen LogP contribution < -0.4 is 0 Å². The number of rotatable bonds is 7. The molecule has 0 aliphatic heterocycles. The van der Waals surface area contributed by atoms with Crippen LogP contribution in [0.15, 0.2) is 49.1 Å². The van der Waals surface area contributed by atoms with Crippen LogP contribution in [0, 0.1) is 5.92 Å². The molecule has 0 bridgehead atoms. The largest absolute Gasteiger partial charge is 0.100 e. The number of hydrogen-bond acceptors (Lipinski definition) is 0. The Kier molecular flexibility index (Phi) is 10.3. The molecule has 0 aromatic heterocycles. The molecule has 0 N–H and O–H groups in total. The molecule has 1 rings (SSSR count). The number of hydrogen-bond donors (Lipinski definition) is 0. The smallest absolute Gasteiger partial charge is 0.0198 e. The van der Waals surface area contributed by atoms with Crippen LogP contribution in [-0.4, -0.2) is 0 Å². The molecule has 0 radical (unpaired) electrons. The molecule has 23 heavy (non-hydrogen) atoms. The van der Waals surface area contributed by atoms with Gasteiger partial charge in [0.15, 0.2) is 0 Å². The Hall–Kier alpha value is -1.56. The quantitative estimate of drug-likeness (QED) is 0.460. The topological polar surface area (TPSA) is 0 Å². The molecule has 0 saturated heterocycles. The highest BCUT2D eigenvalue weighted by Crippen LogP contribution is 2.20. The highest BCUT2D eigenvalue weighted by molar-refractivity contribution is 5.65. The maximum atomic E-state index is 4.01. The van der Waals surface area contributed by atoms with Crippen LogP contribution in [0.1, 0.15) is 71.1 Å². The van der Waals surface area contributed by atoms with Crippen LogP contribution in [0.2, 0.25) is 0 Å². The second-order valence-electron chi connectivity index (χ2n) is 6.72. The summed E-state index contributed by atoms with van der Waals surface area (Å²) < 4.78 is 0. The lowest BCUT2D eigenvalue weighted by atomic mass is 9.97. The van der Waals surface area contributed by atoms with Crippen LogP contribution in [-0.2, 0) is 12.8 Å². The van der Waals surface area contributed by atoms with Crippen molar-refractivity contribution in [1.82, 2.24) is 0 Å². The molecular formula is C23H36. The molecule has 0 saturated carbocycles. The monoisotopic (exact) mass is 312 g/mol. The summed E-state index contributed by atoms with van der Waals surface area (Å²) in [6.45, 7) is 24.6. The first kappa shape index (κ1) is 21.4. The third-order valence-corrected chi connectivity index (χ3v) is 4.27. The Morgan fingerprint density at radius 1 is 1.00 bits per heavy atom. The summed E-state index contributed by atoms with van der Waals surface area (Å²) in [6, 6.07) is 6.70. The van der Waals surface area contributed by atoms with Crippen molar-refractivity contribution in [1.29, 1.82) is 0 Å². The number of benzene rings is 1. The third kappa shape index (κ3) is 8.59. The van der Waals surface area contributed by atoms with Gasteiger partial charge in [-0.2, -0.15) is 0 Å². The van der Waals surface area contributed by atoms with E-state index in [4.69, 9.17) is 0 Å². The first-order chi connectivity index (χ1) is 10.7. The van der Waals surface area contributed by atoms with Gasteiger partial charge in [-0.3, -0.25) is 0 Å². The zero-order valence-electron chi connectivity index (χ0n) is 16.3. The first-order valence-electron chi connectivity index (χ1n) is 8.80. The summed E-state index contributed by atoms with van der Waals surface area (Å²) in [5.41, 5.74) is 7.86. The van der Waals surface area contributed by atoms with Crippen LogP contribution in [0.25, 0.3) is 5.57 Å². The predicted octanol–water partition coefficient (Wildman–Crippen LogP) is 7.40. The van der Waals surface area contributed by atoms with Crippen LogP contribution >= 0.6 is 0 Å². The van der Waals surface area contributed by atoms with E-state index in [-0.39, 0.29) is 0 Å². The van der Waals surface area contributed by atoms with Crippen molar-refractivity contribution in [2.24, 2.45) is 5.92 Å². The molecule has 0 nitrogen and oxygen atoms in total. The van der Waals surface area contributed by atoms with Gasteiger partial charge in [0.2, 0.25) is 0 Å². The van der Waals surface area contributed by atoms with E-state index in [1.807, 2.05) is 0 Å². The Morgan fingerprint density at radius 2 is 1.61 bits per heavy atom. The van der Waals surface area contributed by atoms with E-state index in [1.54, 1.807) is 0 Å². The fourth-order valence-electron chi connectivity index (χ4n) is 2.26. The van der Waals surface area contributed by atoms with Gasteiger partial charge in [-0.25, -0.2) is 0 Å². The molecule has 0 aliphatic carbocycles. The van der Waals surface area contributed by atoms with Crippen LogP contribution in [0.5, 0.6) is 0 Å². The lowest BCUT2D eigenvalue weighted by molar-refractivity contribution is 0.613. The Morgan fingerprint density at radius 3 is 2.00 bits per heavy atom. The second kappa shape index (κ2) is 11.0. The van der Waals surface area contributed by atoms with Crippen LogP contribution in [0.4, 0.5) is 0 Å². The maximum absolute atomic E-state index is 4.01. The van der Waals surface area contributed by atoms with Crippen molar-refractivity contribution >= 4 is 5.57 Å². The molecule has 1 atom stereocenters. The van der Waals surface area contributed by atoms with Crippen molar-refractivity contribution in [2.45, 2.75) is 67.2 Å². The Labute approximate surface area is 145 Å². The SMILES string of the molecule is C=C(C)CCC(C)C(=C)C.C=C(C)c1cc(CC)ccc1CC. The van der Waals surface area contributed by atoms with Gasteiger partial charge in [0.05, 0.1) is 0 Å². The van der Waals surface area contributed by atoms with Gasteiger partial charge in [-0.05, 0) is 69.1 Å². The summed E-state index contributed by atoms with van der Waals surface area (Å²) in [5.74, 6) is 0.650. The highest BCUT2D eigenvalue weighted by atomic mass is 14.1. The van der Waals surface area contributed by atoms with E-state index in [0.29, 0.717) is 5.92 Å². The standard InChI is InChI=1S/C13H18.C10H18/c1-5-11-7-8-12(6-2)13(9-11)10(3)4;1-8(2)6-7-10(5)9(3)4/h7-9H,3,5-6H2,1-2,4H3;10H,1,3,6-7H2,2,4-5H3. The van der Waals surface area contributed by atoms with Crippen LogP contribution in [0.3, 0.4) is 0 Å². The molecule has 0 spiro atoms. The summed E-state index contributed by atoms with van der Waals surface area (Å²) in [6.07, 6.45) is 4.52. The minimum Gasteiger partial charge on any atom is -0.100 e. The van der Waals surface area contributed by atoms with E-state index in [1.165, 1.54) is 39.8 Å². The molecular weight excluding hydrogens is 276 g/mol. The molecule has 0 aliphatic rings. The third-order valence-electron chi connectivity index (χ3n) is 4.27. The molecule has 128 valence electrons. The highest BCUT2D eigenvalue weighted by Gasteiger charge is 2.02. The maximum Gasteiger partial charge on any atom is -0.0198 e. The van der Waals surface area contributed by atoms with E-state index in [0.717, 1.165) is 19.3 Å². The summed E-state index contributed by atoms with van der Waals surface area (Å²) in [4.78, 5) is 0. The first-order valence-corrected chi connectivity index (χ1v) is 8.80. The lowest BCUT2D eigenvalue weighted by Gasteiger charge is -2.09. The van der Waals surface area contributed by atoms with Gasteiger partial charge >= 0.3 is 0 Å². The van der Waals surface area contributed by atoms with Gasteiger partial charge in [0.25, 0.3) is 0 Å². The fourth-order valence-corrected chi connectivity index (χ4v) is 2.26. The lowest BCUT2D eigenvalue weighted by Crippen LogP contribution is -1.94. The van der Waals surface area contributed by atoms with Crippen molar-refractivity contribution in [3.8, 4) is 0 Å². The number of allylic oxidation sites excluding steroid dienone is 3. The average Bonchev–Trinajstić information content (AvgIpc) is 2.52. The van der Waals surface area contributed by atoms with Crippen molar-refractivity contribution < 1.29 is 0 Å². The van der Waals surface area contributed by atoms with E-state index >= 15 is 0 Å². The van der Waals surface area contributed by atoms with Gasteiger partial charge in [-0.1, -0.05) is 68.8 Å². The van der Waals surface area contributed by atoms with E-state index < -0.39 is 0 Å². The average molecular weight is 313 g/mol. The molecule has 0 fully saturated rings. The minimum absolute atomic E-state index is 0.650. The van der Waals surface area contributed by atoms with Gasteiger partial charge < -0.3 is 0 Å².